The first-order valence-corrected chi connectivity index (χ1v) is 5.91. The van der Waals surface area contributed by atoms with Gasteiger partial charge in [0.15, 0.2) is 0 Å². The molecular weight excluding hydrogens is 261 g/mol. The van der Waals surface area contributed by atoms with Crippen LogP contribution in [0.25, 0.3) is 0 Å². The Bertz CT molecular complexity index is 447. The van der Waals surface area contributed by atoms with Crippen molar-refractivity contribution in [1.29, 1.82) is 0 Å². The van der Waals surface area contributed by atoms with Crippen molar-refractivity contribution in [3.8, 4) is 0 Å². The van der Waals surface area contributed by atoms with E-state index >= 15 is 0 Å². The maximum Gasteiger partial charge on any atom is 0.416 e. The molecule has 7 heteroatoms. The second kappa shape index (κ2) is 6.51. The van der Waals surface area contributed by atoms with Crippen molar-refractivity contribution in [2.24, 2.45) is 0 Å². The van der Waals surface area contributed by atoms with E-state index in [2.05, 4.69) is 5.32 Å². The van der Waals surface area contributed by atoms with Crippen molar-refractivity contribution >= 4 is 5.69 Å². The zero-order valence-electron chi connectivity index (χ0n) is 10.5. The van der Waals surface area contributed by atoms with E-state index in [-0.39, 0.29) is 12.0 Å². The highest BCUT2D eigenvalue weighted by atomic mass is 19.4. The molecule has 0 aliphatic heterocycles. The number of nitrogens with zero attached hydrogens (tertiary/aromatic N) is 1. The third kappa shape index (κ3) is 4.51. The summed E-state index contributed by atoms with van der Waals surface area (Å²) in [6.07, 6.45) is -3.78. The highest BCUT2D eigenvalue weighted by Gasteiger charge is 2.34. The number of nitrogens with one attached hydrogen (secondary N) is 1. The fourth-order valence-corrected chi connectivity index (χ4v) is 1.74. The summed E-state index contributed by atoms with van der Waals surface area (Å²) >= 11 is 0. The first-order chi connectivity index (χ1) is 8.86. The van der Waals surface area contributed by atoms with Gasteiger partial charge in [-0.1, -0.05) is 13.0 Å². The van der Waals surface area contributed by atoms with E-state index in [0.29, 0.717) is 19.0 Å². The Morgan fingerprint density at radius 1 is 1.37 bits per heavy atom. The van der Waals surface area contributed by atoms with E-state index in [4.69, 9.17) is 0 Å². The largest absolute Gasteiger partial charge is 0.416 e. The van der Waals surface area contributed by atoms with Gasteiger partial charge >= 0.3 is 6.18 Å². The number of aryl methyl sites for hydroxylation is 1. The summed E-state index contributed by atoms with van der Waals surface area (Å²) in [7, 11) is 0. The number of nitro groups is 1. The Labute approximate surface area is 108 Å². The summed E-state index contributed by atoms with van der Waals surface area (Å²) in [5, 5.41) is 13.5. The number of hydrogen-bond acceptors (Lipinski definition) is 3. The lowest BCUT2D eigenvalue weighted by molar-refractivity contribution is -0.385. The van der Waals surface area contributed by atoms with Gasteiger partial charge < -0.3 is 5.32 Å². The van der Waals surface area contributed by atoms with Crippen LogP contribution in [-0.4, -0.2) is 18.0 Å². The fourth-order valence-electron chi connectivity index (χ4n) is 1.74. The van der Waals surface area contributed by atoms with Crippen LogP contribution in [0.3, 0.4) is 0 Å². The van der Waals surface area contributed by atoms with Gasteiger partial charge in [-0.2, -0.15) is 13.2 Å². The smallest absolute Gasteiger partial charge is 0.317 e. The molecule has 0 radical (unpaired) electrons. The summed E-state index contributed by atoms with van der Waals surface area (Å²) < 4.78 is 38.5. The summed E-state index contributed by atoms with van der Waals surface area (Å²) in [6, 6.07) is 2.90. The molecule has 1 rings (SSSR count). The summed E-state index contributed by atoms with van der Waals surface area (Å²) in [4.78, 5) is 9.70. The van der Waals surface area contributed by atoms with Crippen LogP contribution >= 0.6 is 0 Å². The van der Waals surface area contributed by atoms with E-state index in [0.717, 1.165) is 12.6 Å². The Balaban J connectivity index is 2.93. The van der Waals surface area contributed by atoms with Gasteiger partial charge in [0.05, 0.1) is 10.5 Å². The maximum atomic E-state index is 12.8. The lowest BCUT2D eigenvalue weighted by atomic mass is 10.0. The fraction of sp³-hybridized carbons (Fsp3) is 0.500. The lowest BCUT2D eigenvalue weighted by Gasteiger charge is -2.12. The van der Waals surface area contributed by atoms with Crippen LogP contribution in [0.4, 0.5) is 18.9 Å². The molecule has 0 amide bonds. The third-order valence-electron chi connectivity index (χ3n) is 2.66. The SMILES string of the molecule is CCNCCCc1ccc([N+](=O)[O-])cc1C(F)(F)F. The van der Waals surface area contributed by atoms with Crippen LogP contribution in [0, 0.1) is 10.1 Å². The van der Waals surface area contributed by atoms with Crippen LogP contribution in [-0.2, 0) is 12.6 Å². The highest BCUT2D eigenvalue weighted by Crippen LogP contribution is 2.34. The van der Waals surface area contributed by atoms with Crippen molar-refractivity contribution in [2.75, 3.05) is 13.1 Å². The highest BCUT2D eigenvalue weighted by molar-refractivity contribution is 5.41. The van der Waals surface area contributed by atoms with Crippen molar-refractivity contribution in [1.82, 2.24) is 5.32 Å². The van der Waals surface area contributed by atoms with Gasteiger partial charge in [-0.25, -0.2) is 0 Å². The Morgan fingerprint density at radius 3 is 2.58 bits per heavy atom. The average molecular weight is 276 g/mol. The number of benzene rings is 1. The van der Waals surface area contributed by atoms with Crippen LogP contribution in [0.1, 0.15) is 24.5 Å². The second-order valence-electron chi connectivity index (χ2n) is 4.05. The molecule has 0 aliphatic rings. The number of non-ortho nitro benzene ring substituents is 1. The molecule has 0 heterocycles. The summed E-state index contributed by atoms with van der Waals surface area (Å²) in [5.41, 5.74) is -1.36. The summed E-state index contributed by atoms with van der Waals surface area (Å²) in [5.74, 6) is 0. The molecule has 1 aromatic rings. The van der Waals surface area contributed by atoms with E-state index in [1.54, 1.807) is 0 Å². The molecule has 0 aromatic heterocycles. The molecule has 0 bridgehead atoms. The van der Waals surface area contributed by atoms with Gasteiger partial charge in [0, 0.05) is 12.1 Å². The minimum atomic E-state index is -4.57. The Kier molecular flexibility index (Phi) is 5.29. The normalized spacial score (nSPS) is 11.6. The zero-order chi connectivity index (χ0) is 14.5. The summed E-state index contributed by atoms with van der Waals surface area (Å²) in [6.45, 7) is 3.28. The zero-order valence-corrected chi connectivity index (χ0v) is 10.5. The number of rotatable bonds is 6. The van der Waals surface area contributed by atoms with Gasteiger partial charge in [0.1, 0.15) is 0 Å². The molecule has 1 N–H and O–H groups in total. The topological polar surface area (TPSA) is 55.2 Å². The Hall–Kier alpha value is -1.63. The molecule has 0 unspecified atom stereocenters. The minimum absolute atomic E-state index is 0.0935. The molecule has 0 atom stereocenters. The third-order valence-corrected chi connectivity index (χ3v) is 2.66. The first kappa shape index (κ1) is 15.4. The van der Waals surface area contributed by atoms with E-state index < -0.39 is 22.4 Å². The molecule has 1 aromatic carbocycles. The van der Waals surface area contributed by atoms with Crippen molar-refractivity contribution in [2.45, 2.75) is 25.9 Å². The van der Waals surface area contributed by atoms with Gasteiger partial charge in [-0.05, 0) is 31.5 Å². The molecule has 106 valence electrons. The number of alkyl halides is 3. The molecule has 4 nitrogen and oxygen atoms in total. The minimum Gasteiger partial charge on any atom is -0.317 e. The monoisotopic (exact) mass is 276 g/mol. The second-order valence-corrected chi connectivity index (χ2v) is 4.05. The number of nitro benzene ring substituents is 1. The van der Waals surface area contributed by atoms with Crippen LogP contribution < -0.4 is 5.32 Å². The molecule has 0 saturated carbocycles. The van der Waals surface area contributed by atoms with Crippen LogP contribution in [0.2, 0.25) is 0 Å². The van der Waals surface area contributed by atoms with E-state index in [9.17, 15) is 23.3 Å². The quantitative estimate of drug-likeness (QED) is 0.493. The lowest BCUT2D eigenvalue weighted by Crippen LogP contribution is -2.16. The number of halogens is 3. The molecule has 0 fully saturated rings. The van der Waals surface area contributed by atoms with Gasteiger partial charge in [0.2, 0.25) is 0 Å². The molecule has 0 saturated heterocycles. The van der Waals surface area contributed by atoms with Gasteiger partial charge in [-0.3, -0.25) is 10.1 Å². The van der Waals surface area contributed by atoms with E-state index in [1.807, 2.05) is 6.92 Å². The van der Waals surface area contributed by atoms with Gasteiger partial charge in [-0.15, -0.1) is 0 Å². The molecule has 19 heavy (non-hydrogen) atoms. The van der Waals surface area contributed by atoms with Crippen molar-refractivity contribution in [3.63, 3.8) is 0 Å². The Morgan fingerprint density at radius 2 is 2.05 bits per heavy atom. The van der Waals surface area contributed by atoms with Crippen LogP contribution in [0.15, 0.2) is 18.2 Å². The maximum absolute atomic E-state index is 12.8. The van der Waals surface area contributed by atoms with Crippen LogP contribution in [0.5, 0.6) is 0 Å². The van der Waals surface area contributed by atoms with Gasteiger partial charge in [0.25, 0.3) is 5.69 Å². The standard InChI is InChI=1S/C12H15F3N2O2/c1-2-16-7-3-4-9-5-6-10(17(18)19)8-11(9)12(13,14)15/h5-6,8,16H,2-4,7H2,1H3. The molecular formula is C12H15F3N2O2. The number of hydrogen-bond donors (Lipinski definition) is 1. The average Bonchev–Trinajstić information content (AvgIpc) is 2.33. The van der Waals surface area contributed by atoms with Crippen molar-refractivity contribution in [3.05, 3.63) is 39.4 Å². The van der Waals surface area contributed by atoms with E-state index in [1.165, 1.54) is 6.07 Å². The predicted molar refractivity (Wildman–Crippen MR) is 65.0 cm³/mol. The molecule has 0 aliphatic carbocycles. The first-order valence-electron chi connectivity index (χ1n) is 5.91. The molecule has 0 spiro atoms. The van der Waals surface area contributed by atoms with Crippen molar-refractivity contribution < 1.29 is 18.1 Å². The predicted octanol–water partition coefficient (Wildman–Crippen LogP) is 3.16.